The van der Waals surface area contributed by atoms with Crippen LogP contribution in [0.3, 0.4) is 0 Å². The lowest BCUT2D eigenvalue weighted by Crippen LogP contribution is -2.29. The van der Waals surface area contributed by atoms with Gasteiger partial charge < -0.3 is 19.3 Å². The van der Waals surface area contributed by atoms with Crippen molar-refractivity contribution >= 4 is 22.6 Å². The van der Waals surface area contributed by atoms with E-state index in [9.17, 15) is 14.7 Å². The molecule has 0 spiro atoms. The molecule has 1 fully saturated rings. The molecule has 2 aliphatic rings. The van der Waals surface area contributed by atoms with Gasteiger partial charge in [0, 0.05) is 30.4 Å². The van der Waals surface area contributed by atoms with Crippen molar-refractivity contribution in [2.24, 2.45) is 5.41 Å². The lowest BCUT2D eigenvalue weighted by Gasteiger charge is -2.26. The van der Waals surface area contributed by atoms with Crippen LogP contribution in [0, 0.1) is 11.2 Å². The van der Waals surface area contributed by atoms with E-state index in [0.717, 1.165) is 24.6 Å². The number of halogens is 1. The summed E-state index contributed by atoms with van der Waals surface area (Å²) in [7, 11) is 2.93. The van der Waals surface area contributed by atoms with Crippen molar-refractivity contribution < 1.29 is 23.9 Å². The standard InChI is InChI=1S/C21H24FN3O5/c1-21(2)10-24(9-15(21)23-30-4)17-14(22)7-12-16(19(17)29-3)25(11-5-6-11)8-13(18(12)26)20(27)28/h7-9,11,23H,5-6,10H2,1-4H3,(H,27,28). The van der Waals surface area contributed by atoms with E-state index in [2.05, 4.69) is 5.48 Å². The lowest BCUT2D eigenvalue weighted by atomic mass is 9.92. The number of aromatic carboxylic acids is 1. The summed E-state index contributed by atoms with van der Waals surface area (Å²) in [5.41, 5.74) is 2.77. The summed E-state index contributed by atoms with van der Waals surface area (Å²) in [6.45, 7) is 4.45. The molecule has 1 aromatic heterocycles. The molecule has 8 nitrogen and oxygen atoms in total. The van der Waals surface area contributed by atoms with Gasteiger partial charge in [-0.2, -0.15) is 0 Å². The average Bonchev–Trinajstić information content (AvgIpc) is 3.47. The van der Waals surface area contributed by atoms with Crippen molar-refractivity contribution in [1.29, 1.82) is 0 Å². The van der Waals surface area contributed by atoms with Gasteiger partial charge in [0.15, 0.2) is 11.6 Å². The molecule has 4 rings (SSSR count). The Kier molecular flexibility index (Phi) is 4.73. The number of nitrogens with zero attached hydrogens (tertiary/aromatic N) is 2. The molecule has 0 amide bonds. The van der Waals surface area contributed by atoms with Gasteiger partial charge >= 0.3 is 5.97 Å². The zero-order chi connectivity index (χ0) is 21.8. The zero-order valence-corrected chi connectivity index (χ0v) is 17.3. The van der Waals surface area contributed by atoms with Gasteiger partial charge in [-0.25, -0.2) is 9.18 Å². The minimum absolute atomic E-state index is 0.00224. The molecular formula is C21H24FN3O5. The van der Waals surface area contributed by atoms with E-state index < -0.39 is 17.2 Å². The van der Waals surface area contributed by atoms with Gasteiger partial charge in [-0.15, -0.1) is 0 Å². The first-order valence-corrected chi connectivity index (χ1v) is 9.66. The fourth-order valence-corrected chi connectivity index (χ4v) is 4.00. The van der Waals surface area contributed by atoms with Crippen molar-refractivity contribution in [1.82, 2.24) is 10.0 Å². The van der Waals surface area contributed by atoms with Gasteiger partial charge in [0.1, 0.15) is 11.3 Å². The molecule has 9 heteroatoms. The predicted molar refractivity (Wildman–Crippen MR) is 109 cm³/mol. The highest BCUT2D eigenvalue weighted by Crippen LogP contribution is 2.46. The molecule has 0 unspecified atom stereocenters. The highest BCUT2D eigenvalue weighted by atomic mass is 19.1. The van der Waals surface area contributed by atoms with E-state index in [0.29, 0.717) is 12.1 Å². The third kappa shape index (κ3) is 3.09. The third-order valence-electron chi connectivity index (χ3n) is 5.65. The van der Waals surface area contributed by atoms with Crippen LogP contribution in [0.2, 0.25) is 0 Å². The summed E-state index contributed by atoms with van der Waals surface area (Å²) < 4.78 is 22.7. The number of benzene rings is 1. The number of carboxylic acid groups (broad SMARTS) is 1. The Bertz CT molecular complexity index is 1130. The number of carboxylic acids is 1. The van der Waals surface area contributed by atoms with Crippen molar-refractivity contribution in [2.45, 2.75) is 32.7 Å². The van der Waals surface area contributed by atoms with Crippen molar-refractivity contribution in [3.05, 3.63) is 45.8 Å². The van der Waals surface area contributed by atoms with E-state index in [4.69, 9.17) is 9.57 Å². The highest BCUT2D eigenvalue weighted by Gasteiger charge is 2.37. The van der Waals surface area contributed by atoms with Crippen LogP contribution in [-0.4, -0.2) is 36.4 Å². The number of hydrogen-bond acceptors (Lipinski definition) is 6. The normalized spacial score (nSPS) is 17.9. The number of ether oxygens (including phenoxy) is 1. The van der Waals surface area contributed by atoms with Crippen molar-refractivity contribution in [2.75, 3.05) is 25.7 Å². The van der Waals surface area contributed by atoms with Gasteiger partial charge in [-0.3, -0.25) is 15.1 Å². The Morgan fingerprint density at radius 2 is 2.03 bits per heavy atom. The van der Waals surface area contributed by atoms with Gasteiger partial charge in [-0.05, 0) is 18.9 Å². The highest BCUT2D eigenvalue weighted by molar-refractivity contribution is 5.97. The van der Waals surface area contributed by atoms with Crippen molar-refractivity contribution in [3.63, 3.8) is 0 Å². The van der Waals surface area contributed by atoms with Gasteiger partial charge in [-0.1, -0.05) is 13.8 Å². The number of carbonyl (C=O) groups is 1. The van der Waals surface area contributed by atoms with E-state index in [1.54, 1.807) is 15.7 Å². The van der Waals surface area contributed by atoms with Crippen LogP contribution in [0.4, 0.5) is 10.1 Å². The fourth-order valence-electron chi connectivity index (χ4n) is 4.00. The van der Waals surface area contributed by atoms with Crippen LogP contribution in [0.15, 0.2) is 29.0 Å². The summed E-state index contributed by atoms with van der Waals surface area (Å²) in [6, 6.07) is 1.17. The van der Waals surface area contributed by atoms with E-state index in [-0.39, 0.29) is 33.8 Å². The second kappa shape index (κ2) is 7.02. The smallest absolute Gasteiger partial charge is 0.341 e. The molecule has 1 aliphatic carbocycles. The number of hydrogen-bond donors (Lipinski definition) is 2. The first kappa shape index (κ1) is 20.2. The number of hydroxylamine groups is 1. The zero-order valence-electron chi connectivity index (χ0n) is 17.3. The second-order valence-electron chi connectivity index (χ2n) is 8.31. The lowest BCUT2D eigenvalue weighted by molar-refractivity contribution is 0.0694. The van der Waals surface area contributed by atoms with E-state index >= 15 is 4.39 Å². The number of nitrogens with one attached hydrogen (secondary N) is 1. The molecule has 1 aromatic carbocycles. The number of pyridine rings is 1. The number of anilines is 1. The topological polar surface area (TPSA) is 93.0 Å². The van der Waals surface area contributed by atoms with Crippen LogP contribution in [-0.2, 0) is 4.84 Å². The number of aromatic nitrogens is 1. The Morgan fingerprint density at radius 1 is 1.33 bits per heavy atom. The summed E-state index contributed by atoms with van der Waals surface area (Å²) in [6.07, 6.45) is 4.80. The maximum atomic E-state index is 15.3. The monoisotopic (exact) mass is 417 g/mol. The summed E-state index contributed by atoms with van der Waals surface area (Å²) >= 11 is 0. The summed E-state index contributed by atoms with van der Waals surface area (Å²) in [4.78, 5) is 31.1. The average molecular weight is 417 g/mol. The second-order valence-corrected chi connectivity index (χ2v) is 8.31. The minimum Gasteiger partial charge on any atom is -0.492 e. The van der Waals surface area contributed by atoms with E-state index in [1.807, 2.05) is 13.8 Å². The summed E-state index contributed by atoms with van der Waals surface area (Å²) in [5, 5.41) is 9.44. The Labute approximate surface area is 172 Å². The van der Waals surface area contributed by atoms with Crippen LogP contribution in [0.1, 0.15) is 43.1 Å². The number of fused-ring (bicyclic) bond motifs is 1. The predicted octanol–water partition coefficient (Wildman–Crippen LogP) is 3.02. The van der Waals surface area contributed by atoms with Crippen molar-refractivity contribution in [3.8, 4) is 5.75 Å². The molecule has 0 saturated heterocycles. The number of methoxy groups -OCH3 is 1. The first-order chi connectivity index (χ1) is 14.2. The van der Waals surface area contributed by atoms with Gasteiger partial charge in [0.05, 0.1) is 30.8 Å². The molecule has 0 radical (unpaired) electrons. The molecule has 30 heavy (non-hydrogen) atoms. The molecule has 160 valence electrons. The Hall–Kier alpha value is -3.07. The van der Waals surface area contributed by atoms with Crippen LogP contribution >= 0.6 is 0 Å². The Morgan fingerprint density at radius 3 is 2.60 bits per heavy atom. The maximum Gasteiger partial charge on any atom is 0.341 e. The molecule has 1 aliphatic heterocycles. The van der Waals surface area contributed by atoms with Gasteiger partial charge in [0.2, 0.25) is 5.43 Å². The number of rotatable bonds is 6. The SMILES string of the molecule is CONC1=CN(c2c(F)cc3c(=O)c(C(=O)O)cn(C4CC4)c3c2OC)CC1(C)C. The summed E-state index contributed by atoms with van der Waals surface area (Å²) in [5.74, 6) is -1.79. The largest absolute Gasteiger partial charge is 0.492 e. The molecular weight excluding hydrogens is 393 g/mol. The van der Waals surface area contributed by atoms with E-state index in [1.165, 1.54) is 20.4 Å². The van der Waals surface area contributed by atoms with Crippen LogP contribution < -0.4 is 20.5 Å². The molecule has 1 saturated carbocycles. The van der Waals surface area contributed by atoms with Gasteiger partial charge in [0.25, 0.3) is 0 Å². The van der Waals surface area contributed by atoms with Crippen LogP contribution in [0.25, 0.3) is 10.9 Å². The third-order valence-corrected chi connectivity index (χ3v) is 5.65. The molecule has 2 aromatic rings. The Balaban J connectivity index is 2.01. The molecule has 0 atom stereocenters. The quantitative estimate of drug-likeness (QED) is 0.698. The minimum atomic E-state index is -1.33. The molecule has 2 N–H and O–H groups in total. The molecule has 2 heterocycles. The maximum absolute atomic E-state index is 15.3. The van der Waals surface area contributed by atoms with Crippen LogP contribution in [0.5, 0.6) is 5.75 Å². The first-order valence-electron chi connectivity index (χ1n) is 9.66. The molecule has 0 bridgehead atoms. The fraction of sp³-hybridized carbons (Fsp3) is 0.429.